The van der Waals surface area contributed by atoms with E-state index in [4.69, 9.17) is 0 Å². The summed E-state index contributed by atoms with van der Waals surface area (Å²) in [5, 5.41) is 12.6. The molecule has 0 aliphatic rings. The summed E-state index contributed by atoms with van der Waals surface area (Å²) in [6.45, 7) is 5.26. The highest BCUT2D eigenvalue weighted by Crippen LogP contribution is 2.21. The standard InChI is InChI=1S/C14H23N5/c1-5-8-15-14(12-7-9-18(3)17-12)13-10-11(6-2)16-19(13)4/h7,9-10,14-15H,5-6,8H2,1-4H3. The van der Waals surface area contributed by atoms with Crippen LogP contribution in [0.3, 0.4) is 0 Å². The van der Waals surface area contributed by atoms with Gasteiger partial charge in [0.15, 0.2) is 0 Å². The van der Waals surface area contributed by atoms with Crippen molar-refractivity contribution in [2.45, 2.75) is 32.7 Å². The quantitative estimate of drug-likeness (QED) is 0.862. The minimum absolute atomic E-state index is 0.110. The van der Waals surface area contributed by atoms with E-state index in [0.717, 1.165) is 30.8 Å². The molecule has 0 aliphatic heterocycles. The Hall–Kier alpha value is -1.62. The molecule has 0 bridgehead atoms. The summed E-state index contributed by atoms with van der Waals surface area (Å²) in [6.07, 6.45) is 4.03. The SMILES string of the molecule is CCCNC(c1ccn(C)n1)c1cc(CC)nn1C. The third kappa shape index (κ3) is 3.04. The van der Waals surface area contributed by atoms with E-state index in [0.29, 0.717) is 0 Å². The van der Waals surface area contributed by atoms with Crippen molar-refractivity contribution in [3.63, 3.8) is 0 Å². The summed E-state index contributed by atoms with van der Waals surface area (Å²) >= 11 is 0. The Morgan fingerprint density at radius 1 is 1.26 bits per heavy atom. The third-order valence-electron chi connectivity index (χ3n) is 3.25. The molecule has 0 aromatic carbocycles. The van der Waals surface area contributed by atoms with Gasteiger partial charge in [-0.2, -0.15) is 10.2 Å². The van der Waals surface area contributed by atoms with Gasteiger partial charge >= 0.3 is 0 Å². The molecule has 19 heavy (non-hydrogen) atoms. The van der Waals surface area contributed by atoms with Gasteiger partial charge in [0.05, 0.1) is 23.1 Å². The van der Waals surface area contributed by atoms with Crippen LogP contribution in [0.4, 0.5) is 0 Å². The van der Waals surface area contributed by atoms with Gasteiger partial charge in [-0.3, -0.25) is 9.36 Å². The van der Waals surface area contributed by atoms with Crippen molar-refractivity contribution >= 4 is 0 Å². The first-order chi connectivity index (χ1) is 9.15. The van der Waals surface area contributed by atoms with E-state index >= 15 is 0 Å². The Morgan fingerprint density at radius 3 is 2.58 bits per heavy atom. The average Bonchev–Trinajstić information content (AvgIpc) is 2.97. The van der Waals surface area contributed by atoms with E-state index in [9.17, 15) is 0 Å². The van der Waals surface area contributed by atoms with Crippen LogP contribution in [-0.4, -0.2) is 26.1 Å². The topological polar surface area (TPSA) is 47.7 Å². The summed E-state index contributed by atoms with van der Waals surface area (Å²) in [4.78, 5) is 0. The predicted molar refractivity (Wildman–Crippen MR) is 75.9 cm³/mol. The van der Waals surface area contributed by atoms with Gasteiger partial charge in [-0.05, 0) is 31.5 Å². The summed E-state index contributed by atoms with van der Waals surface area (Å²) in [7, 11) is 3.94. The highest BCUT2D eigenvalue weighted by atomic mass is 15.3. The van der Waals surface area contributed by atoms with Crippen molar-refractivity contribution in [3.8, 4) is 0 Å². The smallest absolute Gasteiger partial charge is 0.0940 e. The lowest BCUT2D eigenvalue weighted by Gasteiger charge is -2.16. The molecular formula is C14H23N5. The number of hydrogen-bond acceptors (Lipinski definition) is 3. The van der Waals surface area contributed by atoms with Gasteiger partial charge in [0.1, 0.15) is 0 Å². The molecule has 104 valence electrons. The van der Waals surface area contributed by atoms with Gasteiger partial charge in [-0.15, -0.1) is 0 Å². The van der Waals surface area contributed by atoms with E-state index in [1.54, 1.807) is 0 Å². The Balaban J connectivity index is 2.33. The zero-order valence-corrected chi connectivity index (χ0v) is 12.2. The lowest BCUT2D eigenvalue weighted by molar-refractivity contribution is 0.536. The maximum Gasteiger partial charge on any atom is 0.0940 e. The van der Waals surface area contributed by atoms with Crippen LogP contribution in [0, 0.1) is 0 Å². The fourth-order valence-electron chi connectivity index (χ4n) is 2.22. The minimum atomic E-state index is 0.110. The first-order valence-electron chi connectivity index (χ1n) is 6.91. The van der Waals surface area contributed by atoms with Gasteiger partial charge in [0.25, 0.3) is 0 Å². The van der Waals surface area contributed by atoms with Crippen LogP contribution in [-0.2, 0) is 20.5 Å². The van der Waals surface area contributed by atoms with Crippen LogP contribution in [0.15, 0.2) is 18.3 Å². The monoisotopic (exact) mass is 261 g/mol. The first kappa shape index (κ1) is 13.8. The third-order valence-corrected chi connectivity index (χ3v) is 3.25. The van der Waals surface area contributed by atoms with Crippen molar-refractivity contribution < 1.29 is 0 Å². The van der Waals surface area contributed by atoms with Crippen molar-refractivity contribution in [2.75, 3.05) is 6.54 Å². The normalized spacial score (nSPS) is 12.8. The molecule has 0 amide bonds. The largest absolute Gasteiger partial charge is 0.304 e. The lowest BCUT2D eigenvalue weighted by atomic mass is 10.1. The zero-order chi connectivity index (χ0) is 13.8. The minimum Gasteiger partial charge on any atom is -0.304 e. The molecule has 0 saturated heterocycles. The molecule has 5 heteroatoms. The van der Waals surface area contributed by atoms with Gasteiger partial charge < -0.3 is 5.32 Å². The molecule has 2 rings (SSSR count). The second kappa shape index (κ2) is 6.02. The Bertz CT molecular complexity index is 526. The highest BCUT2D eigenvalue weighted by Gasteiger charge is 2.20. The Kier molecular flexibility index (Phi) is 4.37. The van der Waals surface area contributed by atoms with E-state index in [2.05, 4.69) is 41.5 Å². The molecule has 0 radical (unpaired) electrons. The number of aromatic nitrogens is 4. The molecule has 2 aromatic heterocycles. The highest BCUT2D eigenvalue weighted by molar-refractivity contribution is 5.23. The van der Waals surface area contributed by atoms with Gasteiger partial charge in [-0.1, -0.05) is 13.8 Å². The molecule has 5 nitrogen and oxygen atoms in total. The predicted octanol–water partition coefficient (Wildman–Crippen LogP) is 1.80. The van der Waals surface area contributed by atoms with Gasteiger partial charge in [-0.25, -0.2) is 0 Å². The van der Waals surface area contributed by atoms with Gasteiger partial charge in [0, 0.05) is 20.3 Å². The van der Waals surface area contributed by atoms with Crippen molar-refractivity contribution in [1.29, 1.82) is 0 Å². The van der Waals surface area contributed by atoms with Crippen molar-refractivity contribution in [2.24, 2.45) is 14.1 Å². The summed E-state index contributed by atoms with van der Waals surface area (Å²) in [5.41, 5.74) is 3.34. The summed E-state index contributed by atoms with van der Waals surface area (Å²) in [5.74, 6) is 0. The second-order valence-electron chi connectivity index (χ2n) is 4.84. The van der Waals surface area contributed by atoms with E-state index in [1.165, 1.54) is 5.69 Å². The van der Waals surface area contributed by atoms with Crippen LogP contribution >= 0.6 is 0 Å². The fourth-order valence-corrected chi connectivity index (χ4v) is 2.22. The van der Waals surface area contributed by atoms with Crippen LogP contribution in [0.5, 0.6) is 0 Å². The first-order valence-corrected chi connectivity index (χ1v) is 6.91. The summed E-state index contributed by atoms with van der Waals surface area (Å²) < 4.78 is 3.80. The maximum absolute atomic E-state index is 4.53. The number of nitrogens with one attached hydrogen (secondary N) is 1. The molecule has 1 N–H and O–H groups in total. The van der Waals surface area contributed by atoms with Crippen LogP contribution in [0.1, 0.15) is 43.4 Å². The van der Waals surface area contributed by atoms with E-state index in [-0.39, 0.29) is 6.04 Å². The van der Waals surface area contributed by atoms with Crippen LogP contribution in [0.2, 0.25) is 0 Å². The van der Waals surface area contributed by atoms with E-state index in [1.807, 2.05) is 29.7 Å². The fraction of sp³-hybridized carbons (Fsp3) is 0.571. The number of hydrogen-bond donors (Lipinski definition) is 1. The molecule has 1 atom stereocenters. The number of rotatable bonds is 6. The molecule has 1 unspecified atom stereocenters. The molecule has 0 spiro atoms. The van der Waals surface area contributed by atoms with E-state index < -0.39 is 0 Å². The van der Waals surface area contributed by atoms with Crippen molar-refractivity contribution in [3.05, 3.63) is 35.4 Å². The van der Waals surface area contributed by atoms with Crippen LogP contribution < -0.4 is 5.32 Å². The second-order valence-corrected chi connectivity index (χ2v) is 4.84. The molecule has 0 fully saturated rings. The number of aryl methyl sites for hydroxylation is 3. The molecule has 2 aromatic rings. The summed E-state index contributed by atoms with van der Waals surface area (Å²) in [6, 6.07) is 4.34. The molecular weight excluding hydrogens is 238 g/mol. The van der Waals surface area contributed by atoms with Crippen molar-refractivity contribution in [1.82, 2.24) is 24.9 Å². The molecule has 0 saturated carbocycles. The lowest BCUT2D eigenvalue weighted by Crippen LogP contribution is -2.25. The molecule has 2 heterocycles. The number of nitrogens with zero attached hydrogens (tertiary/aromatic N) is 4. The zero-order valence-electron chi connectivity index (χ0n) is 12.2. The van der Waals surface area contributed by atoms with Crippen LogP contribution in [0.25, 0.3) is 0 Å². The Morgan fingerprint density at radius 2 is 2.05 bits per heavy atom. The van der Waals surface area contributed by atoms with Gasteiger partial charge in [0.2, 0.25) is 0 Å². The Labute approximate surface area is 114 Å². The molecule has 0 aliphatic carbocycles. The maximum atomic E-state index is 4.53. The average molecular weight is 261 g/mol.